The number of anilines is 1. The van der Waals surface area contributed by atoms with Crippen LogP contribution >= 0.6 is 11.3 Å². The van der Waals surface area contributed by atoms with Crippen molar-refractivity contribution in [3.05, 3.63) is 52.2 Å². The Morgan fingerprint density at radius 1 is 1.19 bits per heavy atom. The van der Waals surface area contributed by atoms with Gasteiger partial charge in [0, 0.05) is 17.1 Å². The summed E-state index contributed by atoms with van der Waals surface area (Å²) in [5, 5.41) is 11.6. The van der Waals surface area contributed by atoms with Gasteiger partial charge in [0.15, 0.2) is 5.96 Å². The van der Waals surface area contributed by atoms with Crippen LogP contribution in [-0.2, 0) is 17.9 Å². The van der Waals surface area contributed by atoms with Gasteiger partial charge in [-0.3, -0.25) is 4.79 Å². The highest BCUT2D eigenvalue weighted by Crippen LogP contribution is 2.12. The lowest BCUT2D eigenvalue weighted by Gasteiger charge is -2.12. The van der Waals surface area contributed by atoms with Crippen molar-refractivity contribution in [2.75, 3.05) is 32.5 Å². The van der Waals surface area contributed by atoms with Crippen LogP contribution in [0.5, 0.6) is 0 Å². The molecule has 0 radical (unpaired) electrons. The number of carbonyl (C=O) groups excluding carboxylic acids is 1. The number of thiophene rings is 1. The van der Waals surface area contributed by atoms with Crippen LogP contribution in [0, 0.1) is 0 Å². The topological polar surface area (TPSA) is 68.8 Å². The van der Waals surface area contributed by atoms with Gasteiger partial charge in [-0.05, 0) is 50.2 Å². The SMILES string of the molecule is CCNC(=NCc1cccc(NC(=O)CN(C)C)c1)NCc1cccs1. The fraction of sp³-hybridized carbons (Fsp3) is 0.368. The monoisotopic (exact) mass is 373 g/mol. The predicted molar refractivity (Wildman–Crippen MR) is 110 cm³/mol. The maximum atomic E-state index is 11.9. The van der Waals surface area contributed by atoms with Gasteiger partial charge >= 0.3 is 0 Å². The van der Waals surface area contributed by atoms with Crippen molar-refractivity contribution in [1.29, 1.82) is 0 Å². The Labute approximate surface area is 159 Å². The number of nitrogens with one attached hydrogen (secondary N) is 3. The summed E-state index contributed by atoms with van der Waals surface area (Å²) in [5.74, 6) is 0.754. The number of aliphatic imine (C=N–C) groups is 1. The Kier molecular flexibility index (Phi) is 8.11. The number of nitrogens with zero attached hydrogens (tertiary/aromatic N) is 2. The molecular weight excluding hydrogens is 346 g/mol. The van der Waals surface area contributed by atoms with Gasteiger partial charge in [0.1, 0.15) is 0 Å². The molecule has 6 nitrogen and oxygen atoms in total. The van der Waals surface area contributed by atoms with Crippen LogP contribution in [-0.4, -0.2) is 44.0 Å². The Morgan fingerprint density at radius 2 is 2.04 bits per heavy atom. The van der Waals surface area contributed by atoms with E-state index in [2.05, 4.69) is 32.4 Å². The Balaban J connectivity index is 1.95. The average Bonchev–Trinajstić information content (AvgIpc) is 3.10. The molecule has 0 fully saturated rings. The van der Waals surface area contributed by atoms with Crippen LogP contribution in [0.3, 0.4) is 0 Å². The molecule has 0 spiro atoms. The highest BCUT2D eigenvalue weighted by Gasteiger charge is 2.04. The maximum absolute atomic E-state index is 11.9. The van der Waals surface area contributed by atoms with Crippen molar-refractivity contribution in [3.63, 3.8) is 0 Å². The minimum Gasteiger partial charge on any atom is -0.357 e. The zero-order chi connectivity index (χ0) is 18.8. The van der Waals surface area contributed by atoms with Crippen LogP contribution in [0.25, 0.3) is 0 Å². The zero-order valence-electron chi connectivity index (χ0n) is 15.6. The molecule has 0 aliphatic carbocycles. The minimum atomic E-state index is -0.0263. The number of likely N-dealkylation sites (N-methyl/N-ethyl adjacent to an activating group) is 1. The van der Waals surface area contributed by atoms with Crippen molar-refractivity contribution in [2.45, 2.75) is 20.0 Å². The van der Waals surface area contributed by atoms with Gasteiger partial charge in [-0.15, -0.1) is 11.3 Å². The first kappa shape index (κ1) is 19.9. The van der Waals surface area contributed by atoms with Crippen molar-refractivity contribution in [3.8, 4) is 0 Å². The number of hydrogen-bond donors (Lipinski definition) is 3. The van der Waals surface area contributed by atoms with E-state index in [0.29, 0.717) is 13.1 Å². The van der Waals surface area contributed by atoms with Crippen LogP contribution in [0.1, 0.15) is 17.4 Å². The molecule has 3 N–H and O–H groups in total. The predicted octanol–water partition coefficient (Wildman–Crippen LogP) is 2.50. The fourth-order valence-electron chi connectivity index (χ4n) is 2.33. The van der Waals surface area contributed by atoms with Gasteiger partial charge in [-0.1, -0.05) is 18.2 Å². The summed E-state index contributed by atoms with van der Waals surface area (Å²) in [4.78, 5) is 19.6. The molecule has 140 valence electrons. The number of rotatable bonds is 8. The smallest absolute Gasteiger partial charge is 0.238 e. The van der Waals surface area contributed by atoms with E-state index in [-0.39, 0.29) is 5.91 Å². The lowest BCUT2D eigenvalue weighted by Crippen LogP contribution is -2.36. The van der Waals surface area contributed by atoms with E-state index < -0.39 is 0 Å². The molecule has 2 aromatic rings. The first-order chi connectivity index (χ1) is 12.6. The summed E-state index contributed by atoms with van der Waals surface area (Å²) in [6.45, 7) is 4.50. The van der Waals surface area contributed by atoms with E-state index in [1.165, 1.54) is 4.88 Å². The fourth-order valence-corrected chi connectivity index (χ4v) is 2.98. The summed E-state index contributed by atoms with van der Waals surface area (Å²) in [6.07, 6.45) is 0. The molecule has 26 heavy (non-hydrogen) atoms. The van der Waals surface area contributed by atoms with E-state index >= 15 is 0 Å². The van der Waals surface area contributed by atoms with Gasteiger partial charge in [-0.2, -0.15) is 0 Å². The molecule has 0 aliphatic heterocycles. The van der Waals surface area contributed by atoms with E-state index in [4.69, 9.17) is 0 Å². The number of carbonyl (C=O) groups is 1. The number of amides is 1. The average molecular weight is 374 g/mol. The second kappa shape index (κ2) is 10.6. The van der Waals surface area contributed by atoms with Gasteiger partial charge in [0.25, 0.3) is 0 Å². The van der Waals surface area contributed by atoms with Crippen molar-refractivity contribution < 1.29 is 4.79 Å². The molecule has 0 aliphatic rings. The van der Waals surface area contributed by atoms with E-state index in [1.54, 1.807) is 11.3 Å². The summed E-state index contributed by atoms with van der Waals surface area (Å²) >= 11 is 1.72. The van der Waals surface area contributed by atoms with Crippen molar-refractivity contribution in [2.24, 2.45) is 4.99 Å². The second-order valence-electron chi connectivity index (χ2n) is 6.11. The third-order valence-corrected chi connectivity index (χ3v) is 4.32. The lowest BCUT2D eigenvalue weighted by atomic mass is 10.2. The van der Waals surface area contributed by atoms with Gasteiger partial charge < -0.3 is 20.9 Å². The van der Waals surface area contributed by atoms with Crippen LogP contribution < -0.4 is 16.0 Å². The van der Waals surface area contributed by atoms with Crippen LogP contribution in [0.4, 0.5) is 5.69 Å². The summed E-state index contributed by atoms with van der Waals surface area (Å²) in [6, 6.07) is 11.9. The molecule has 0 bridgehead atoms. The van der Waals surface area contributed by atoms with Gasteiger partial charge in [0.2, 0.25) is 5.91 Å². The molecule has 1 aromatic heterocycles. The zero-order valence-corrected chi connectivity index (χ0v) is 16.4. The Morgan fingerprint density at radius 3 is 2.73 bits per heavy atom. The van der Waals surface area contributed by atoms with Gasteiger partial charge in [0.05, 0.1) is 19.6 Å². The maximum Gasteiger partial charge on any atom is 0.238 e. The van der Waals surface area contributed by atoms with E-state index in [0.717, 1.165) is 30.3 Å². The Hall–Kier alpha value is -2.38. The summed E-state index contributed by atoms with van der Waals surface area (Å²) in [5.41, 5.74) is 1.84. The Bertz CT molecular complexity index is 712. The van der Waals surface area contributed by atoms with Crippen LogP contribution in [0.15, 0.2) is 46.8 Å². The van der Waals surface area contributed by atoms with Crippen molar-refractivity contribution in [1.82, 2.24) is 15.5 Å². The molecule has 1 amide bonds. The largest absolute Gasteiger partial charge is 0.357 e. The number of hydrogen-bond acceptors (Lipinski definition) is 4. The normalized spacial score (nSPS) is 11.5. The third-order valence-electron chi connectivity index (χ3n) is 3.44. The molecule has 0 saturated heterocycles. The minimum absolute atomic E-state index is 0.0263. The highest BCUT2D eigenvalue weighted by molar-refractivity contribution is 7.09. The lowest BCUT2D eigenvalue weighted by molar-refractivity contribution is -0.116. The first-order valence-electron chi connectivity index (χ1n) is 8.65. The quantitative estimate of drug-likeness (QED) is 0.491. The molecule has 0 saturated carbocycles. The van der Waals surface area contributed by atoms with E-state index in [9.17, 15) is 4.79 Å². The number of guanidine groups is 1. The second-order valence-corrected chi connectivity index (χ2v) is 7.15. The molecule has 1 heterocycles. The highest BCUT2D eigenvalue weighted by atomic mass is 32.1. The van der Waals surface area contributed by atoms with Crippen LogP contribution in [0.2, 0.25) is 0 Å². The van der Waals surface area contributed by atoms with E-state index in [1.807, 2.05) is 56.3 Å². The van der Waals surface area contributed by atoms with Gasteiger partial charge in [-0.25, -0.2) is 4.99 Å². The van der Waals surface area contributed by atoms with Crippen molar-refractivity contribution >= 4 is 28.9 Å². The standard InChI is InChI=1S/C19H27N5OS/c1-4-20-19(22-13-17-9-6-10-26-17)21-12-15-7-5-8-16(11-15)23-18(25)14-24(2)3/h5-11H,4,12-14H2,1-3H3,(H,23,25)(H2,20,21,22). The molecule has 7 heteroatoms. The third kappa shape index (κ3) is 7.25. The summed E-state index contributed by atoms with van der Waals surface area (Å²) < 4.78 is 0. The molecular formula is C19H27N5OS. The summed E-state index contributed by atoms with van der Waals surface area (Å²) in [7, 11) is 3.74. The molecule has 0 unspecified atom stereocenters. The number of benzene rings is 1. The molecule has 0 atom stereocenters. The molecule has 2 rings (SSSR count). The molecule has 1 aromatic carbocycles. The first-order valence-corrected chi connectivity index (χ1v) is 9.53.